The highest BCUT2D eigenvalue weighted by Crippen LogP contribution is 2.22. The van der Waals surface area contributed by atoms with Crippen molar-refractivity contribution in [2.75, 3.05) is 26.2 Å². The molecule has 112 valence electrons. The highest BCUT2D eigenvalue weighted by Gasteiger charge is 2.17. The first-order chi connectivity index (χ1) is 9.65. The van der Waals surface area contributed by atoms with Crippen LogP contribution in [-0.2, 0) is 0 Å². The third-order valence-electron chi connectivity index (χ3n) is 4.30. The molecule has 1 aliphatic heterocycles. The number of aryl methyl sites for hydroxylation is 1. The average molecular weight is 341 g/mol. The van der Waals surface area contributed by atoms with E-state index in [1.54, 1.807) is 4.90 Å². The van der Waals surface area contributed by atoms with E-state index in [9.17, 15) is 0 Å². The Morgan fingerprint density at radius 2 is 2.00 bits per heavy atom. The zero-order chi connectivity index (χ0) is 14.4. The van der Waals surface area contributed by atoms with Crippen LogP contribution in [0.3, 0.4) is 0 Å². The van der Waals surface area contributed by atoms with Crippen LogP contribution in [0.2, 0.25) is 0 Å². The normalized spacial score (nSPS) is 22.8. The minimum Gasteiger partial charge on any atom is -0.493 e. The minimum absolute atomic E-state index is 0.839. The number of likely N-dealkylation sites (tertiary alicyclic amines) is 1. The fraction of sp³-hybridized carbons (Fsp3) is 0.647. The average Bonchev–Trinajstić information content (AvgIpc) is 2.42. The number of quaternary nitrogens is 1. The number of piperidine rings is 1. The largest absolute Gasteiger partial charge is 0.493 e. The van der Waals surface area contributed by atoms with Gasteiger partial charge in [0.05, 0.1) is 26.2 Å². The molecule has 0 radical (unpaired) electrons. The summed E-state index contributed by atoms with van der Waals surface area (Å²) in [5.74, 6) is 1.97. The predicted octanol–water partition coefficient (Wildman–Crippen LogP) is 3.23. The molecule has 0 bridgehead atoms. The number of nitrogens with one attached hydrogen (secondary N) is 1. The van der Waals surface area contributed by atoms with Gasteiger partial charge >= 0.3 is 0 Å². The van der Waals surface area contributed by atoms with Crippen molar-refractivity contribution in [1.82, 2.24) is 0 Å². The molecule has 3 heteroatoms. The number of rotatable bonds is 6. The molecule has 1 aliphatic rings. The lowest BCUT2D eigenvalue weighted by atomic mass is 9.99. The van der Waals surface area contributed by atoms with Crippen molar-refractivity contribution >= 4 is 15.9 Å². The zero-order valence-corrected chi connectivity index (χ0v) is 14.3. The topological polar surface area (TPSA) is 13.7 Å². The molecule has 2 rings (SSSR count). The van der Waals surface area contributed by atoms with Gasteiger partial charge < -0.3 is 9.64 Å². The van der Waals surface area contributed by atoms with Gasteiger partial charge in [0.25, 0.3) is 0 Å². The van der Waals surface area contributed by atoms with E-state index < -0.39 is 0 Å². The van der Waals surface area contributed by atoms with Crippen LogP contribution in [0.1, 0.15) is 38.2 Å². The molecule has 1 aromatic carbocycles. The van der Waals surface area contributed by atoms with Crippen LogP contribution in [0.25, 0.3) is 0 Å². The van der Waals surface area contributed by atoms with E-state index in [0.717, 1.165) is 29.2 Å². The fourth-order valence-electron chi connectivity index (χ4n) is 2.85. The van der Waals surface area contributed by atoms with Crippen molar-refractivity contribution in [3.05, 3.63) is 28.2 Å². The van der Waals surface area contributed by atoms with E-state index in [4.69, 9.17) is 4.74 Å². The van der Waals surface area contributed by atoms with E-state index in [1.165, 1.54) is 44.5 Å². The quantitative estimate of drug-likeness (QED) is 0.785. The molecule has 0 atom stereocenters. The number of ether oxygens (including phenoxy) is 1. The maximum absolute atomic E-state index is 5.87. The maximum Gasteiger partial charge on any atom is 0.122 e. The van der Waals surface area contributed by atoms with Crippen LogP contribution in [-0.4, -0.2) is 26.2 Å². The Labute approximate surface area is 131 Å². The summed E-state index contributed by atoms with van der Waals surface area (Å²) in [5, 5.41) is 0. The summed E-state index contributed by atoms with van der Waals surface area (Å²) in [4.78, 5) is 1.79. The minimum atomic E-state index is 0.839. The molecule has 0 saturated carbocycles. The number of benzene rings is 1. The van der Waals surface area contributed by atoms with Crippen LogP contribution in [0.4, 0.5) is 0 Å². The van der Waals surface area contributed by atoms with Crippen molar-refractivity contribution in [2.24, 2.45) is 5.92 Å². The lowest BCUT2D eigenvalue weighted by molar-refractivity contribution is -0.906. The Morgan fingerprint density at radius 1 is 1.25 bits per heavy atom. The summed E-state index contributed by atoms with van der Waals surface area (Å²) in [6.07, 6.45) is 5.25. The Kier molecular flexibility index (Phi) is 6.37. The lowest BCUT2D eigenvalue weighted by Crippen LogP contribution is -3.13. The Hall–Kier alpha value is -0.540. The van der Waals surface area contributed by atoms with Crippen molar-refractivity contribution in [3.63, 3.8) is 0 Å². The second-order valence-electron chi connectivity index (χ2n) is 6.15. The van der Waals surface area contributed by atoms with Crippen LogP contribution in [0, 0.1) is 12.8 Å². The summed E-state index contributed by atoms with van der Waals surface area (Å²) < 4.78 is 6.98. The SMILES string of the molecule is Cc1cc(Br)ccc1OCCCC[NH+]1CCC(C)CC1. The summed E-state index contributed by atoms with van der Waals surface area (Å²) in [5.41, 5.74) is 1.20. The van der Waals surface area contributed by atoms with Gasteiger partial charge in [0.15, 0.2) is 0 Å². The van der Waals surface area contributed by atoms with Gasteiger partial charge in [-0.05, 0) is 62.3 Å². The van der Waals surface area contributed by atoms with Gasteiger partial charge in [0, 0.05) is 4.47 Å². The third kappa shape index (κ3) is 5.10. The summed E-state index contributed by atoms with van der Waals surface area (Å²) in [6.45, 7) is 9.37. The number of hydrogen-bond donors (Lipinski definition) is 1. The lowest BCUT2D eigenvalue weighted by Gasteiger charge is -2.27. The first-order valence-electron chi connectivity index (χ1n) is 7.87. The molecule has 0 aliphatic carbocycles. The second kappa shape index (κ2) is 8.04. The van der Waals surface area contributed by atoms with Gasteiger partial charge in [0.2, 0.25) is 0 Å². The monoisotopic (exact) mass is 340 g/mol. The van der Waals surface area contributed by atoms with Crippen molar-refractivity contribution in [3.8, 4) is 5.75 Å². The van der Waals surface area contributed by atoms with Gasteiger partial charge in [0.1, 0.15) is 5.75 Å². The van der Waals surface area contributed by atoms with E-state index in [0.29, 0.717) is 0 Å². The number of halogens is 1. The molecule has 1 N–H and O–H groups in total. The number of unbranched alkanes of at least 4 members (excludes halogenated alkanes) is 1. The van der Waals surface area contributed by atoms with E-state index >= 15 is 0 Å². The molecule has 0 spiro atoms. The first-order valence-corrected chi connectivity index (χ1v) is 8.67. The van der Waals surface area contributed by atoms with E-state index in [-0.39, 0.29) is 0 Å². The highest BCUT2D eigenvalue weighted by molar-refractivity contribution is 9.10. The van der Waals surface area contributed by atoms with E-state index in [2.05, 4.69) is 41.9 Å². The molecule has 0 unspecified atom stereocenters. The smallest absolute Gasteiger partial charge is 0.122 e. The zero-order valence-electron chi connectivity index (χ0n) is 12.8. The summed E-state index contributed by atoms with van der Waals surface area (Å²) in [7, 11) is 0. The molecule has 1 saturated heterocycles. The fourth-order valence-corrected chi connectivity index (χ4v) is 3.33. The number of hydrogen-bond acceptors (Lipinski definition) is 1. The molecule has 1 fully saturated rings. The molecule has 1 heterocycles. The summed E-state index contributed by atoms with van der Waals surface area (Å²) >= 11 is 3.48. The van der Waals surface area contributed by atoms with Crippen molar-refractivity contribution in [1.29, 1.82) is 0 Å². The Morgan fingerprint density at radius 3 is 2.70 bits per heavy atom. The molecular weight excluding hydrogens is 314 g/mol. The molecule has 0 amide bonds. The van der Waals surface area contributed by atoms with Crippen LogP contribution in [0.5, 0.6) is 5.75 Å². The highest BCUT2D eigenvalue weighted by atomic mass is 79.9. The van der Waals surface area contributed by atoms with Crippen molar-refractivity contribution in [2.45, 2.75) is 39.5 Å². The van der Waals surface area contributed by atoms with Crippen molar-refractivity contribution < 1.29 is 9.64 Å². The molecule has 20 heavy (non-hydrogen) atoms. The predicted molar refractivity (Wildman–Crippen MR) is 87.6 cm³/mol. The van der Waals surface area contributed by atoms with Crippen LogP contribution < -0.4 is 9.64 Å². The van der Waals surface area contributed by atoms with Gasteiger partial charge in [-0.15, -0.1) is 0 Å². The van der Waals surface area contributed by atoms with Gasteiger partial charge in [-0.3, -0.25) is 0 Å². The third-order valence-corrected chi connectivity index (χ3v) is 4.79. The van der Waals surface area contributed by atoms with Crippen LogP contribution >= 0.6 is 15.9 Å². The molecule has 2 nitrogen and oxygen atoms in total. The molecule has 1 aromatic rings. The molecular formula is C17H27BrNO+. The Bertz CT molecular complexity index is 413. The second-order valence-corrected chi connectivity index (χ2v) is 7.06. The maximum atomic E-state index is 5.87. The van der Waals surface area contributed by atoms with E-state index in [1.807, 2.05) is 6.07 Å². The first kappa shape index (κ1) is 15.8. The van der Waals surface area contributed by atoms with Gasteiger partial charge in [-0.2, -0.15) is 0 Å². The summed E-state index contributed by atoms with van der Waals surface area (Å²) in [6, 6.07) is 6.20. The molecule has 0 aromatic heterocycles. The van der Waals surface area contributed by atoms with Gasteiger partial charge in [-0.25, -0.2) is 0 Å². The van der Waals surface area contributed by atoms with Crippen LogP contribution in [0.15, 0.2) is 22.7 Å². The van der Waals surface area contributed by atoms with Gasteiger partial charge in [-0.1, -0.05) is 22.9 Å². The Balaban J connectivity index is 1.59. The standard InChI is InChI=1S/C17H26BrNO/c1-14-7-10-19(11-8-14)9-3-4-12-20-17-6-5-16(18)13-15(17)2/h5-6,13-14H,3-4,7-12H2,1-2H3/p+1.